The van der Waals surface area contributed by atoms with Gasteiger partial charge >= 0.3 is 0 Å². The van der Waals surface area contributed by atoms with Gasteiger partial charge in [-0.25, -0.2) is 0 Å². The van der Waals surface area contributed by atoms with Crippen LogP contribution in [-0.2, 0) is 20.8 Å². The van der Waals surface area contributed by atoms with Crippen molar-refractivity contribution >= 4 is 46.9 Å². The van der Waals surface area contributed by atoms with Gasteiger partial charge in [0.15, 0.2) is 0 Å². The number of halogens is 1. The van der Waals surface area contributed by atoms with E-state index >= 15 is 0 Å². The summed E-state index contributed by atoms with van der Waals surface area (Å²) in [5, 5.41) is 13.4. The molecule has 1 fully saturated rings. The van der Waals surface area contributed by atoms with Crippen molar-refractivity contribution in [3.05, 3.63) is 46.1 Å². The lowest BCUT2D eigenvalue weighted by Gasteiger charge is -2.49. The molecule has 7 nitrogen and oxygen atoms in total. The Hall–Kier alpha value is -2.32. The first-order valence-electron chi connectivity index (χ1n) is 9.38. The first-order chi connectivity index (χ1) is 13.8. The average molecular weight is 435 g/mol. The molecule has 29 heavy (non-hydrogen) atoms. The molecule has 0 aliphatic carbocycles. The Balaban J connectivity index is 1.64. The minimum Gasteiger partial charge on any atom is -0.341 e. The van der Waals surface area contributed by atoms with E-state index in [2.05, 4.69) is 10.6 Å². The van der Waals surface area contributed by atoms with Crippen LogP contribution in [0.4, 0.5) is 0 Å². The molecule has 0 aromatic heterocycles. The van der Waals surface area contributed by atoms with Gasteiger partial charge in [0.1, 0.15) is 22.9 Å². The second-order valence-electron chi connectivity index (χ2n) is 7.07. The topological polar surface area (TPSA) is 102 Å². The molecule has 0 spiro atoms. The number of amides is 3. The van der Waals surface area contributed by atoms with E-state index in [1.165, 1.54) is 16.7 Å². The third-order valence-electron chi connectivity index (χ3n) is 4.73. The molecule has 154 valence electrons. The molecule has 1 saturated heterocycles. The molecule has 1 aromatic carbocycles. The maximum atomic E-state index is 12.7. The zero-order chi connectivity index (χ0) is 21.1. The van der Waals surface area contributed by atoms with Crippen LogP contribution in [-0.4, -0.2) is 45.6 Å². The summed E-state index contributed by atoms with van der Waals surface area (Å²) in [6, 6.07) is 6.31. The number of rotatable bonds is 6. The van der Waals surface area contributed by atoms with Crippen molar-refractivity contribution in [2.24, 2.45) is 0 Å². The summed E-state index contributed by atoms with van der Waals surface area (Å²) in [5.74, 6) is -0.285. The Morgan fingerprint density at radius 3 is 2.66 bits per heavy atom. The lowest BCUT2D eigenvalue weighted by Crippen LogP contribution is -2.71. The molecule has 0 saturated carbocycles. The van der Waals surface area contributed by atoms with Gasteiger partial charge in [-0.05, 0) is 36.6 Å². The zero-order valence-electron chi connectivity index (χ0n) is 16.3. The van der Waals surface area contributed by atoms with Gasteiger partial charge in [0.05, 0.1) is 6.42 Å². The maximum absolute atomic E-state index is 12.7. The van der Waals surface area contributed by atoms with E-state index in [0.717, 1.165) is 17.6 Å². The molecular weight excluding hydrogens is 412 g/mol. The third-order valence-corrected chi connectivity index (χ3v) is 6.41. The van der Waals surface area contributed by atoms with E-state index in [1.807, 2.05) is 6.92 Å². The highest BCUT2D eigenvalue weighted by Crippen LogP contribution is 2.40. The third kappa shape index (κ3) is 4.64. The summed E-state index contributed by atoms with van der Waals surface area (Å²) in [6.45, 7) is 3.73. The largest absolute Gasteiger partial charge is 0.341 e. The summed E-state index contributed by atoms with van der Waals surface area (Å²) in [6.07, 6.45) is 1.36. The normalized spacial score (nSPS) is 20.7. The molecule has 3 N–H and O–H groups in total. The van der Waals surface area contributed by atoms with Crippen molar-refractivity contribution in [2.45, 2.75) is 44.5 Å². The fraction of sp³-hybridized carbons (Fsp3) is 0.400. The van der Waals surface area contributed by atoms with E-state index in [9.17, 15) is 14.4 Å². The summed E-state index contributed by atoms with van der Waals surface area (Å²) in [4.78, 5) is 39.1. The summed E-state index contributed by atoms with van der Waals surface area (Å²) in [7, 11) is 0. The van der Waals surface area contributed by atoms with Gasteiger partial charge < -0.3 is 10.6 Å². The van der Waals surface area contributed by atoms with Gasteiger partial charge in [-0.3, -0.25) is 24.7 Å². The number of nitrogens with zero attached hydrogens (tertiary/aromatic N) is 1. The van der Waals surface area contributed by atoms with Crippen LogP contribution in [0.5, 0.6) is 0 Å². The average Bonchev–Trinajstić information content (AvgIpc) is 2.67. The summed E-state index contributed by atoms with van der Waals surface area (Å²) < 4.78 is 0. The molecule has 2 aliphatic rings. The zero-order valence-corrected chi connectivity index (χ0v) is 17.8. The van der Waals surface area contributed by atoms with Gasteiger partial charge in [0, 0.05) is 17.2 Å². The van der Waals surface area contributed by atoms with Gasteiger partial charge in [-0.15, -0.1) is 11.8 Å². The second-order valence-corrected chi connectivity index (χ2v) is 8.61. The lowest BCUT2D eigenvalue weighted by atomic mass is 10.0. The number of carbonyl (C=O) groups is 3. The predicted octanol–water partition coefficient (Wildman–Crippen LogP) is 2.45. The van der Waals surface area contributed by atoms with Gasteiger partial charge in [-0.2, -0.15) is 0 Å². The van der Waals surface area contributed by atoms with Crippen LogP contribution in [0.3, 0.4) is 0 Å². The maximum Gasteiger partial charge on any atom is 0.273 e. The number of fused-ring (bicyclic) bond motifs is 1. The number of hydrogen-bond donors (Lipinski definition) is 3. The van der Waals surface area contributed by atoms with E-state index in [0.29, 0.717) is 22.9 Å². The van der Waals surface area contributed by atoms with Crippen molar-refractivity contribution in [1.82, 2.24) is 15.5 Å². The Labute approximate surface area is 178 Å². The van der Waals surface area contributed by atoms with Crippen molar-refractivity contribution in [2.75, 3.05) is 5.75 Å². The monoisotopic (exact) mass is 434 g/mol. The van der Waals surface area contributed by atoms with Gasteiger partial charge in [0.2, 0.25) is 5.91 Å². The molecular formula is C20H23ClN4O3S. The standard InChI is InChI=1S/C20H23ClN4O3S/c1-3-4-14(22)23-18(27)17-11(2)10-29-20-16(19(28)25(17)20)24-15(26)9-12-5-7-13(21)8-6-12/h5-8,16,20H,3-4,9-10H2,1-2H3,(H,24,26)(H2,22,23,27)/t16-,20-/m1/s1. The molecule has 3 amide bonds. The number of hydrogen-bond acceptors (Lipinski definition) is 5. The van der Waals surface area contributed by atoms with E-state index in [-0.39, 0.29) is 29.4 Å². The smallest absolute Gasteiger partial charge is 0.273 e. The molecule has 0 unspecified atom stereocenters. The van der Waals surface area contributed by atoms with Crippen molar-refractivity contribution in [3.8, 4) is 0 Å². The SMILES string of the molecule is CCCC(=N)NC(=O)C1=C(C)CS[C@@H]2[C@H](NC(=O)Cc3ccc(Cl)cc3)C(=O)N12. The molecule has 1 aromatic rings. The molecule has 2 heterocycles. The Morgan fingerprint density at radius 1 is 1.31 bits per heavy atom. The second kappa shape index (κ2) is 9.00. The molecule has 2 atom stereocenters. The first-order valence-corrected chi connectivity index (χ1v) is 10.8. The van der Waals surface area contributed by atoms with Crippen molar-refractivity contribution in [3.63, 3.8) is 0 Å². The quantitative estimate of drug-likeness (QED) is 0.363. The lowest BCUT2D eigenvalue weighted by molar-refractivity contribution is -0.147. The van der Waals surface area contributed by atoms with Crippen molar-refractivity contribution < 1.29 is 14.4 Å². The molecule has 9 heteroatoms. The highest BCUT2D eigenvalue weighted by atomic mass is 35.5. The van der Waals surface area contributed by atoms with Gasteiger partial charge in [0.25, 0.3) is 11.8 Å². The molecule has 0 radical (unpaired) electrons. The van der Waals surface area contributed by atoms with Crippen LogP contribution in [0.25, 0.3) is 0 Å². The molecule has 2 aliphatic heterocycles. The predicted molar refractivity (Wildman–Crippen MR) is 114 cm³/mol. The van der Waals surface area contributed by atoms with E-state index in [4.69, 9.17) is 17.0 Å². The Bertz CT molecular complexity index is 884. The van der Waals surface area contributed by atoms with Crippen LogP contribution in [0, 0.1) is 5.41 Å². The Kier molecular flexibility index (Phi) is 6.64. The fourth-order valence-electron chi connectivity index (χ4n) is 3.31. The number of thioether (sulfide) groups is 1. The highest BCUT2D eigenvalue weighted by molar-refractivity contribution is 8.00. The first kappa shape index (κ1) is 21.4. The minimum absolute atomic E-state index is 0.133. The summed E-state index contributed by atoms with van der Waals surface area (Å²) >= 11 is 7.37. The summed E-state index contributed by atoms with van der Waals surface area (Å²) in [5.41, 5.74) is 1.88. The highest BCUT2D eigenvalue weighted by Gasteiger charge is 2.53. The number of carbonyl (C=O) groups excluding carboxylic acids is 3. The van der Waals surface area contributed by atoms with Crippen LogP contribution >= 0.6 is 23.4 Å². The van der Waals surface area contributed by atoms with Crippen LogP contribution < -0.4 is 10.6 Å². The van der Waals surface area contributed by atoms with Crippen LogP contribution in [0.15, 0.2) is 35.5 Å². The van der Waals surface area contributed by atoms with E-state index < -0.39 is 11.9 Å². The number of benzene rings is 1. The number of nitrogens with one attached hydrogen (secondary N) is 3. The van der Waals surface area contributed by atoms with Crippen LogP contribution in [0.1, 0.15) is 32.3 Å². The van der Waals surface area contributed by atoms with Crippen LogP contribution in [0.2, 0.25) is 5.02 Å². The minimum atomic E-state index is -0.661. The molecule has 3 rings (SSSR count). The van der Waals surface area contributed by atoms with E-state index in [1.54, 1.807) is 31.2 Å². The number of amidine groups is 1. The Morgan fingerprint density at radius 2 is 2.00 bits per heavy atom. The fourth-order valence-corrected chi connectivity index (χ4v) is 4.73. The number of β-lactam (4-membered cyclic amide) rings is 1. The molecule has 0 bridgehead atoms. The van der Waals surface area contributed by atoms with Gasteiger partial charge in [-0.1, -0.05) is 30.7 Å². The van der Waals surface area contributed by atoms with Crippen molar-refractivity contribution in [1.29, 1.82) is 5.41 Å².